The second kappa shape index (κ2) is 9.04. The standard InChI is InChI=1S/C16H25N3O3/c1-4-9-19(16(21)10-12(2)17)11-15(20)18-13-7-5-6-8-14(13)22-3/h5-8,12H,4,9-11,17H2,1-3H3,(H,18,20). The van der Waals surface area contributed by atoms with E-state index < -0.39 is 0 Å². The van der Waals surface area contributed by atoms with Gasteiger partial charge in [0.25, 0.3) is 0 Å². The number of amides is 2. The van der Waals surface area contributed by atoms with Crippen LogP contribution < -0.4 is 15.8 Å². The van der Waals surface area contributed by atoms with Crippen molar-refractivity contribution in [3.63, 3.8) is 0 Å². The molecule has 0 saturated carbocycles. The smallest absolute Gasteiger partial charge is 0.244 e. The van der Waals surface area contributed by atoms with Crippen molar-refractivity contribution >= 4 is 17.5 Å². The lowest BCUT2D eigenvalue weighted by Crippen LogP contribution is -2.40. The molecule has 0 aliphatic carbocycles. The van der Waals surface area contributed by atoms with Crippen molar-refractivity contribution in [2.45, 2.75) is 32.7 Å². The van der Waals surface area contributed by atoms with Crippen LogP contribution in [0.4, 0.5) is 5.69 Å². The Morgan fingerprint density at radius 2 is 2.05 bits per heavy atom. The predicted molar refractivity (Wildman–Crippen MR) is 86.8 cm³/mol. The molecule has 1 rings (SSSR count). The Kier molecular flexibility index (Phi) is 7.39. The number of hydrogen-bond donors (Lipinski definition) is 2. The Labute approximate surface area is 131 Å². The molecule has 0 aromatic heterocycles. The van der Waals surface area contributed by atoms with Crippen LogP contribution in [0.1, 0.15) is 26.7 Å². The fourth-order valence-corrected chi connectivity index (χ4v) is 2.08. The first-order valence-corrected chi connectivity index (χ1v) is 7.44. The number of methoxy groups -OCH3 is 1. The number of nitrogens with one attached hydrogen (secondary N) is 1. The Hall–Kier alpha value is -2.08. The lowest BCUT2D eigenvalue weighted by atomic mass is 10.2. The molecule has 3 N–H and O–H groups in total. The average Bonchev–Trinajstić information content (AvgIpc) is 2.46. The third kappa shape index (κ3) is 5.73. The minimum absolute atomic E-state index is 0.0114. The number of para-hydroxylation sites is 2. The molecular formula is C16H25N3O3. The van der Waals surface area contributed by atoms with Gasteiger partial charge in [-0.1, -0.05) is 19.1 Å². The normalized spacial score (nSPS) is 11.6. The third-order valence-corrected chi connectivity index (χ3v) is 3.06. The number of carbonyl (C=O) groups excluding carboxylic acids is 2. The highest BCUT2D eigenvalue weighted by Gasteiger charge is 2.18. The number of rotatable bonds is 8. The second-order valence-electron chi connectivity index (χ2n) is 5.25. The number of benzene rings is 1. The van der Waals surface area contributed by atoms with Crippen LogP contribution >= 0.6 is 0 Å². The minimum Gasteiger partial charge on any atom is -0.495 e. The van der Waals surface area contributed by atoms with Crippen molar-refractivity contribution in [2.75, 3.05) is 25.5 Å². The van der Waals surface area contributed by atoms with Crippen LogP contribution in [0.3, 0.4) is 0 Å². The number of anilines is 1. The van der Waals surface area contributed by atoms with Gasteiger partial charge in [-0.15, -0.1) is 0 Å². The summed E-state index contributed by atoms with van der Waals surface area (Å²) in [6.45, 7) is 4.28. The Morgan fingerprint density at radius 1 is 1.36 bits per heavy atom. The van der Waals surface area contributed by atoms with E-state index in [0.29, 0.717) is 18.0 Å². The Balaban J connectivity index is 2.69. The highest BCUT2D eigenvalue weighted by atomic mass is 16.5. The van der Waals surface area contributed by atoms with E-state index in [-0.39, 0.29) is 30.8 Å². The lowest BCUT2D eigenvalue weighted by Gasteiger charge is -2.22. The highest BCUT2D eigenvalue weighted by molar-refractivity contribution is 5.95. The van der Waals surface area contributed by atoms with Crippen molar-refractivity contribution in [1.29, 1.82) is 0 Å². The van der Waals surface area contributed by atoms with Gasteiger partial charge < -0.3 is 20.7 Å². The first-order valence-electron chi connectivity index (χ1n) is 7.44. The summed E-state index contributed by atoms with van der Waals surface area (Å²) in [6, 6.07) is 6.93. The maximum atomic E-state index is 12.2. The molecule has 1 aromatic rings. The largest absolute Gasteiger partial charge is 0.495 e. The van der Waals surface area contributed by atoms with E-state index >= 15 is 0 Å². The predicted octanol–water partition coefficient (Wildman–Crippen LogP) is 1.61. The molecule has 2 amide bonds. The molecule has 1 atom stereocenters. The van der Waals surface area contributed by atoms with E-state index in [1.165, 1.54) is 4.90 Å². The van der Waals surface area contributed by atoms with Gasteiger partial charge in [0.2, 0.25) is 11.8 Å². The van der Waals surface area contributed by atoms with Gasteiger partial charge in [-0.05, 0) is 25.5 Å². The number of ether oxygens (including phenoxy) is 1. The van der Waals surface area contributed by atoms with Gasteiger partial charge in [-0.25, -0.2) is 0 Å². The summed E-state index contributed by atoms with van der Waals surface area (Å²) in [5, 5.41) is 2.77. The molecule has 0 fully saturated rings. The molecule has 0 aliphatic heterocycles. The monoisotopic (exact) mass is 307 g/mol. The first-order chi connectivity index (χ1) is 10.5. The summed E-state index contributed by atoms with van der Waals surface area (Å²) in [5.74, 6) is 0.225. The van der Waals surface area contributed by atoms with E-state index in [4.69, 9.17) is 10.5 Å². The molecular weight excluding hydrogens is 282 g/mol. The summed E-state index contributed by atoms with van der Waals surface area (Å²) >= 11 is 0. The molecule has 6 nitrogen and oxygen atoms in total. The van der Waals surface area contributed by atoms with Crippen molar-refractivity contribution in [1.82, 2.24) is 4.90 Å². The van der Waals surface area contributed by atoms with Crippen molar-refractivity contribution < 1.29 is 14.3 Å². The zero-order valence-corrected chi connectivity index (χ0v) is 13.5. The summed E-state index contributed by atoms with van der Waals surface area (Å²) < 4.78 is 5.19. The van der Waals surface area contributed by atoms with Gasteiger partial charge >= 0.3 is 0 Å². The highest BCUT2D eigenvalue weighted by Crippen LogP contribution is 2.22. The molecule has 0 radical (unpaired) electrons. The van der Waals surface area contributed by atoms with Gasteiger partial charge in [0.1, 0.15) is 5.75 Å². The van der Waals surface area contributed by atoms with Crippen LogP contribution in [-0.4, -0.2) is 43.0 Å². The zero-order valence-electron chi connectivity index (χ0n) is 13.5. The summed E-state index contributed by atoms with van der Waals surface area (Å²) in [4.78, 5) is 25.8. The van der Waals surface area contributed by atoms with E-state index in [9.17, 15) is 9.59 Å². The molecule has 122 valence electrons. The zero-order chi connectivity index (χ0) is 16.5. The minimum atomic E-state index is -0.254. The number of nitrogens with zero attached hydrogens (tertiary/aromatic N) is 1. The molecule has 0 saturated heterocycles. The van der Waals surface area contributed by atoms with Gasteiger partial charge in [0.05, 0.1) is 19.3 Å². The van der Waals surface area contributed by atoms with Crippen molar-refractivity contribution in [3.05, 3.63) is 24.3 Å². The molecule has 0 spiro atoms. The molecule has 6 heteroatoms. The van der Waals surface area contributed by atoms with Crippen molar-refractivity contribution in [2.24, 2.45) is 5.73 Å². The van der Waals surface area contributed by atoms with Crippen molar-refractivity contribution in [3.8, 4) is 5.75 Å². The second-order valence-corrected chi connectivity index (χ2v) is 5.25. The van der Waals surface area contributed by atoms with Crippen LogP contribution in [0.5, 0.6) is 5.75 Å². The summed E-state index contributed by atoms with van der Waals surface area (Å²) in [7, 11) is 1.54. The van der Waals surface area contributed by atoms with E-state index in [1.807, 2.05) is 19.1 Å². The van der Waals surface area contributed by atoms with E-state index in [0.717, 1.165) is 6.42 Å². The van der Waals surface area contributed by atoms with Crippen LogP contribution in [0, 0.1) is 0 Å². The average molecular weight is 307 g/mol. The molecule has 22 heavy (non-hydrogen) atoms. The summed E-state index contributed by atoms with van der Waals surface area (Å²) in [6.07, 6.45) is 1.02. The molecule has 0 heterocycles. The summed E-state index contributed by atoms with van der Waals surface area (Å²) in [5.41, 5.74) is 6.24. The topological polar surface area (TPSA) is 84.7 Å². The number of nitrogens with two attached hydrogens (primary N) is 1. The number of hydrogen-bond acceptors (Lipinski definition) is 4. The molecule has 0 aliphatic rings. The van der Waals surface area contributed by atoms with Crippen LogP contribution in [0.2, 0.25) is 0 Å². The van der Waals surface area contributed by atoms with Gasteiger partial charge in [-0.3, -0.25) is 9.59 Å². The fourth-order valence-electron chi connectivity index (χ4n) is 2.08. The van der Waals surface area contributed by atoms with E-state index in [2.05, 4.69) is 5.32 Å². The van der Waals surface area contributed by atoms with E-state index in [1.54, 1.807) is 26.2 Å². The molecule has 0 bridgehead atoms. The van der Waals surface area contributed by atoms with Gasteiger partial charge in [0, 0.05) is 19.0 Å². The Morgan fingerprint density at radius 3 is 2.64 bits per heavy atom. The maximum Gasteiger partial charge on any atom is 0.244 e. The SMILES string of the molecule is CCCN(CC(=O)Nc1ccccc1OC)C(=O)CC(C)N. The first kappa shape index (κ1) is 18.0. The van der Waals surface area contributed by atoms with Crippen LogP contribution in [0.25, 0.3) is 0 Å². The maximum absolute atomic E-state index is 12.2. The van der Waals surface area contributed by atoms with Gasteiger partial charge in [0.15, 0.2) is 0 Å². The lowest BCUT2D eigenvalue weighted by molar-refractivity contribution is -0.135. The number of carbonyl (C=O) groups is 2. The van der Waals surface area contributed by atoms with Gasteiger partial charge in [-0.2, -0.15) is 0 Å². The van der Waals surface area contributed by atoms with Crippen LogP contribution in [0.15, 0.2) is 24.3 Å². The molecule has 1 aromatic carbocycles. The third-order valence-electron chi connectivity index (χ3n) is 3.06. The van der Waals surface area contributed by atoms with Crippen LogP contribution in [-0.2, 0) is 9.59 Å². The molecule has 1 unspecified atom stereocenters. The fraction of sp³-hybridized carbons (Fsp3) is 0.500. The quantitative estimate of drug-likeness (QED) is 0.764. The Bertz CT molecular complexity index is 503.